The number of fused-ring (bicyclic) bond motifs is 2. The first kappa shape index (κ1) is 16.4. The molecule has 0 atom stereocenters. The minimum absolute atomic E-state index is 0.0267. The van der Waals surface area contributed by atoms with Gasteiger partial charge in [-0.15, -0.1) is 0 Å². The summed E-state index contributed by atoms with van der Waals surface area (Å²) in [6.07, 6.45) is 0.188. The second kappa shape index (κ2) is 6.68. The van der Waals surface area contributed by atoms with Crippen molar-refractivity contribution in [1.82, 2.24) is 14.6 Å². The number of nitrogens with zero attached hydrogens (tertiary/aromatic N) is 3. The Morgan fingerprint density at radius 2 is 1.96 bits per heavy atom. The summed E-state index contributed by atoms with van der Waals surface area (Å²) in [5.74, 6) is -0.337. The van der Waals surface area contributed by atoms with Crippen LogP contribution in [0.4, 0.5) is 0 Å². The highest BCUT2D eigenvalue weighted by Crippen LogP contribution is 2.17. The topological polar surface area (TPSA) is 73.6 Å². The van der Waals surface area contributed by atoms with Crippen molar-refractivity contribution in [2.75, 3.05) is 0 Å². The van der Waals surface area contributed by atoms with Gasteiger partial charge in [0, 0.05) is 11.8 Å². The molecular weight excluding hydrogens is 350 g/mol. The van der Waals surface area contributed by atoms with Crippen LogP contribution in [0, 0.1) is 6.92 Å². The molecule has 130 valence electrons. The molecule has 2 heterocycles. The molecule has 2 aromatic carbocycles. The van der Waals surface area contributed by atoms with E-state index in [0.717, 1.165) is 16.3 Å². The second-order valence-electron chi connectivity index (χ2n) is 5.94. The van der Waals surface area contributed by atoms with E-state index in [2.05, 4.69) is 10.1 Å². The predicted molar refractivity (Wildman–Crippen MR) is 99.3 cm³/mol. The minimum Gasteiger partial charge on any atom is -0.458 e. The van der Waals surface area contributed by atoms with Crippen LogP contribution in [0.3, 0.4) is 0 Å². The summed E-state index contributed by atoms with van der Waals surface area (Å²) in [6.45, 7) is 1.78. The van der Waals surface area contributed by atoms with Crippen LogP contribution in [0.2, 0.25) is 0 Å². The molecule has 26 heavy (non-hydrogen) atoms. The van der Waals surface area contributed by atoms with E-state index in [1.807, 2.05) is 42.5 Å². The zero-order valence-corrected chi connectivity index (χ0v) is 14.8. The summed E-state index contributed by atoms with van der Waals surface area (Å²) in [6, 6.07) is 15.3. The Bertz CT molecular complexity index is 1180. The molecule has 0 N–H and O–H groups in total. The average molecular weight is 365 g/mol. The molecular formula is C19H15N3O3S. The molecule has 6 nitrogen and oxygen atoms in total. The SMILES string of the molecule is Cc1cc(=O)n2nc(COC(=O)Cc3ccc4ccccc4c3)sc2n1. The first-order chi connectivity index (χ1) is 12.6. The maximum absolute atomic E-state index is 12.1. The number of ether oxygens (including phenoxy) is 1. The maximum Gasteiger partial charge on any atom is 0.310 e. The molecule has 0 aliphatic heterocycles. The molecule has 7 heteroatoms. The van der Waals surface area contributed by atoms with Crippen molar-refractivity contribution < 1.29 is 9.53 Å². The molecule has 0 radical (unpaired) electrons. The number of hydrogen-bond donors (Lipinski definition) is 0. The Morgan fingerprint density at radius 3 is 2.81 bits per heavy atom. The van der Waals surface area contributed by atoms with E-state index < -0.39 is 0 Å². The van der Waals surface area contributed by atoms with Gasteiger partial charge in [0.1, 0.15) is 6.61 Å². The van der Waals surface area contributed by atoms with Crippen molar-refractivity contribution in [3.63, 3.8) is 0 Å². The van der Waals surface area contributed by atoms with Gasteiger partial charge in [-0.25, -0.2) is 4.98 Å². The first-order valence-corrected chi connectivity index (χ1v) is 8.90. The minimum atomic E-state index is -0.337. The average Bonchev–Trinajstić information content (AvgIpc) is 3.03. The number of benzene rings is 2. The normalized spacial score (nSPS) is 11.1. The molecule has 0 bridgehead atoms. The fourth-order valence-corrected chi connectivity index (χ4v) is 3.59. The zero-order valence-electron chi connectivity index (χ0n) is 14.0. The van der Waals surface area contributed by atoms with Crippen molar-refractivity contribution in [2.45, 2.75) is 20.0 Å². The summed E-state index contributed by atoms with van der Waals surface area (Å²) in [5.41, 5.74) is 1.29. The van der Waals surface area contributed by atoms with E-state index in [1.165, 1.54) is 21.9 Å². The summed E-state index contributed by atoms with van der Waals surface area (Å²) >= 11 is 1.24. The number of esters is 1. The fraction of sp³-hybridized carbons (Fsp3) is 0.158. The van der Waals surface area contributed by atoms with E-state index in [0.29, 0.717) is 15.7 Å². The molecule has 0 saturated carbocycles. The zero-order chi connectivity index (χ0) is 18.1. The maximum atomic E-state index is 12.1. The molecule has 0 fully saturated rings. The van der Waals surface area contributed by atoms with Gasteiger partial charge in [0.15, 0.2) is 5.01 Å². The first-order valence-electron chi connectivity index (χ1n) is 8.08. The molecule has 0 amide bonds. The molecule has 0 spiro atoms. The summed E-state index contributed by atoms with van der Waals surface area (Å²) in [5, 5.41) is 6.91. The van der Waals surface area contributed by atoms with Gasteiger partial charge in [0.05, 0.1) is 6.42 Å². The van der Waals surface area contributed by atoms with E-state index in [1.54, 1.807) is 6.92 Å². The highest BCUT2D eigenvalue weighted by molar-refractivity contribution is 7.16. The Labute approximate surface area is 152 Å². The van der Waals surface area contributed by atoms with Crippen LogP contribution in [0.15, 0.2) is 53.3 Å². The third-order valence-corrected chi connectivity index (χ3v) is 4.82. The van der Waals surface area contributed by atoms with Crippen molar-refractivity contribution >= 4 is 33.0 Å². The second-order valence-corrected chi connectivity index (χ2v) is 6.99. The van der Waals surface area contributed by atoms with Gasteiger partial charge in [-0.1, -0.05) is 53.8 Å². The van der Waals surface area contributed by atoms with Gasteiger partial charge < -0.3 is 4.74 Å². The summed E-state index contributed by atoms with van der Waals surface area (Å²) in [7, 11) is 0. The number of aromatic nitrogens is 3. The van der Waals surface area contributed by atoms with Crippen LogP contribution in [0.25, 0.3) is 15.7 Å². The highest BCUT2D eigenvalue weighted by atomic mass is 32.1. The van der Waals surface area contributed by atoms with Gasteiger partial charge in [0.2, 0.25) is 4.96 Å². The smallest absolute Gasteiger partial charge is 0.310 e. The van der Waals surface area contributed by atoms with Crippen molar-refractivity contribution in [3.8, 4) is 0 Å². The van der Waals surface area contributed by atoms with E-state index >= 15 is 0 Å². The molecule has 0 saturated heterocycles. The lowest BCUT2D eigenvalue weighted by molar-refractivity contribution is -0.144. The third kappa shape index (κ3) is 3.34. The van der Waals surface area contributed by atoms with Gasteiger partial charge in [-0.05, 0) is 23.3 Å². The summed E-state index contributed by atoms with van der Waals surface area (Å²) in [4.78, 5) is 28.7. The lowest BCUT2D eigenvalue weighted by Gasteiger charge is -2.04. The summed E-state index contributed by atoms with van der Waals surface area (Å²) < 4.78 is 6.54. The number of carbonyl (C=O) groups excluding carboxylic acids is 1. The van der Waals surface area contributed by atoms with Crippen LogP contribution in [0.1, 0.15) is 16.3 Å². The number of aryl methyl sites for hydroxylation is 1. The quantitative estimate of drug-likeness (QED) is 0.520. The van der Waals surface area contributed by atoms with Crippen LogP contribution >= 0.6 is 11.3 Å². The van der Waals surface area contributed by atoms with Crippen LogP contribution in [0.5, 0.6) is 0 Å². The lowest BCUT2D eigenvalue weighted by atomic mass is 10.1. The lowest BCUT2D eigenvalue weighted by Crippen LogP contribution is -2.14. The molecule has 0 aliphatic carbocycles. The van der Waals surface area contributed by atoms with Crippen LogP contribution in [-0.2, 0) is 22.6 Å². The molecule has 0 aliphatic rings. The van der Waals surface area contributed by atoms with Gasteiger partial charge in [-0.3, -0.25) is 9.59 Å². The molecule has 0 unspecified atom stereocenters. The van der Waals surface area contributed by atoms with E-state index in [-0.39, 0.29) is 24.6 Å². The van der Waals surface area contributed by atoms with Crippen molar-refractivity contribution in [3.05, 3.63) is 75.1 Å². The standard InChI is InChI=1S/C19H15N3O3S/c1-12-8-17(23)22-19(20-12)26-16(21-22)11-25-18(24)10-13-6-7-14-4-2-3-5-15(14)9-13/h2-9H,10-11H2,1H3. The monoisotopic (exact) mass is 365 g/mol. The number of rotatable bonds is 4. The van der Waals surface area contributed by atoms with Crippen molar-refractivity contribution in [1.29, 1.82) is 0 Å². The molecule has 4 rings (SSSR count). The molecule has 4 aromatic rings. The van der Waals surface area contributed by atoms with Gasteiger partial charge in [0.25, 0.3) is 5.56 Å². The highest BCUT2D eigenvalue weighted by Gasteiger charge is 2.11. The fourth-order valence-electron chi connectivity index (χ4n) is 2.73. The van der Waals surface area contributed by atoms with Crippen LogP contribution < -0.4 is 5.56 Å². The Morgan fingerprint density at radius 1 is 1.15 bits per heavy atom. The van der Waals surface area contributed by atoms with Crippen LogP contribution in [-0.4, -0.2) is 20.6 Å². The molecule has 2 aromatic heterocycles. The largest absolute Gasteiger partial charge is 0.458 e. The Hall–Kier alpha value is -3.06. The van der Waals surface area contributed by atoms with Crippen molar-refractivity contribution in [2.24, 2.45) is 0 Å². The Balaban J connectivity index is 1.45. The predicted octanol–water partition coefficient (Wildman–Crippen LogP) is 2.90. The number of carbonyl (C=O) groups is 1. The number of hydrogen-bond acceptors (Lipinski definition) is 6. The van der Waals surface area contributed by atoms with E-state index in [4.69, 9.17) is 4.74 Å². The Kier molecular flexibility index (Phi) is 4.22. The van der Waals surface area contributed by atoms with E-state index in [9.17, 15) is 9.59 Å². The van der Waals surface area contributed by atoms with Gasteiger partial charge >= 0.3 is 5.97 Å². The third-order valence-electron chi connectivity index (χ3n) is 3.93. The van der Waals surface area contributed by atoms with Gasteiger partial charge in [-0.2, -0.15) is 9.61 Å².